The highest BCUT2D eigenvalue weighted by atomic mass is 16.6. The van der Waals surface area contributed by atoms with E-state index in [-0.39, 0.29) is 11.8 Å². The first kappa shape index (κ1) is 16.3. The molecule has 1 unspecified atom stereocenters. The van der Waals surface area contributed by atoms with Crippen LogP contribution in [0.15, 0.2) is 34.7 Å². The highest BCUT2D eigenvalue weighted by Gasteiger charge is 2.19. The lowest BCUT2D eigenvalue weighted by Gasteiger charge is -2.15. The van der Waals surface area contributed by atoms with Gasteiger partial charge in [0.15, 0.2) is 17.3 Å². The monoisotopic (exact) mass is 320 g/mol. The van der Waals surface area contributed by atoms with Crippen LogP contribution >= 0.6 is 0 Å². The fourth-order valence-corrected chi connectivity index (χ4v) is 2.02. The van der Waals surface area contributed by atoms with Crippen LogP contribution in [-0.4, -0.2) is 25.1 Å². The van der Waals surface area contributed by atoms with Gasteiger partial charge in [0.1, 0.15) is 4.92 Å². The summed E-state index contributed by atoms with van der Waals surface area (Å²) in [5.74, 6) is -0.0190. The number of hydrogen-bond donors (Lipinski definition) is 1. The first-order valence-electron chi connectivity index (χ1n) is 6.73. The number of amides is 1. The molecule has 8 heteroatoms. The third kappa shape index (κ3) is 3.60. The molecule has 0 saturated carbocycles. The standard InChI is InChI=1S/C15H16N2O6/c1-9(10-4-5-11(21-2)13(8-10)22-3)16-15(18)12-6-7-14(23-12)17(19)20/h4-9H,1-3H3,(H,16,18). The van der Waals surface area contributed by atoms with Crippen LogP contribution in [0.4, 0.5) is 5.88 Å². The van der Waals surface area contributed by atoms with Gasteiger partial charge in [-0.3, -0.25) is 14.9 Å². The van der Waals surface area contributed by atoms with Crippen molar-refractivity contribution in [2.45, 2.75) is 13.0 Å². The molecule has 122 valence electrons. The number of ether oxygens (including phenoxy) is 2. The van der Waals surface area contributed by atoms with E-state index >= 15 is 0 Å². The summed E-state index contributed by atoms with van der Waals surface area (Å²) in [5, 5.41) is 13.3. The Bertz CT molecular complexity index is 725. The first-order chi connectivity index (χ1) is 11.0. The van der Waals surface area contributed by atoms with Crippen LogP contribution in [0.2, 0.25) is 0 Å². The zero-order valence-corrected chi connectivity index (χ0v) is 12.9. The summed E-state index contributed by atoms with van der Waals surface area (Å²) in [6.07, 6.45) is 0. The predicted molar refractivity (Wildman–Crippen MR) is 80.8 cm³/mol. The van der Waals surface area contributed by atoms with E-state index in [1.807, 2.05) is 0 Å². The van der Waals surface area contributed by atoms with E-state index in [4.69, 9.17) is 13.9 Å². The maximum atomic E-state index is 12.1. The molecule has 0 aliphatic rings. The Labute approximate surface area is 132 Å². The number of hydrogen-bond acceptors (Lipinski definition) is 6. The van der Waals surface area contributed by atoms with Crippen molar-refractivity contribution < 1.29 is 23.6 Å². The van der Waals surface area contributed by atoms with Gasteiger partial charge >= 0.3 is 5.88 Å². The Morgan fingerprint density at radius 3 is 2.48 bits per heavy atom. The summed E-state index contributed by atoms with van der Waals surface area (Å²) in [5.41, 5.74) is 0.789. The van der Waals surface area contributed by atoms with Crippen molar-refractivity contribution in [1.29, 1.82) is 0 Å². The molecule has 8 nitrogen and oxygen atoms in total. The van der Waals surface area contributed by atoms with E-state index in [2.05, 4.69) is 5.32 Å². The number of nitrogens with one attached hydrogen (secondary N) is 1. The largest absolute Gasteiger partial charge is 0.493 e. The molecule has 1 amide bonds. The number of rotatable bonds is 6. The Balaban J connectivity index is 2.12. The zero-order chi connectivity index (χ0) is 17.0. The molecular formula is C15H16N2O6. The fraction of sp³-hybridized carbons (Fsp3) is 0.267. The Kier molecular flexibility index (Phi) is 4.85. The van der Waals surface area contributed by atoms with Gasteiger partial charge in [0.2, 0.25) is 0 Å². The molecular weight excluding hydrogens is 304 g/mol. The molecule has 1 N–H and O–H groups in total. The average molecular weight is 320 g/mol. The number of benzene rings is 1. The average Bonchev–Trinajstić information content (AvgIpc) is 3.04. The van der Waals surface area contributed by atoms with Crippen molar-refractivity contribution >= 4 is 11.8 Å². The fourth-order valence-electron chi connectivity index (χ4n) is 2.02. The van der Waals surface area contributed by atoms with Crippen LogP contribution in [0.1, 0.15) is 29.1 Å². The van der Waals surface area contributed by atoms with Crippen LogP contribution in [0, 0.1) is 10.1 Å². The lowest BCUT2D eigenvalue weighted by atomic mass is 10.1. The normalized spacial score (nSPS) is 11.6. The van der Waals surface area contributed by atoms with Gasteiger partial charge in [-0.25, -0.2) is 0 Å². The van der Waals surface area contributed by atoms with Crippen LogP contribution in [0.3, 0.4) is 0 Å². The molecule has 0 radical (unpaired) electrons. The molecule has 0 saturated heterocycles. The van der Waals surface area contributed by atoms with Gasteiger partial charge in [-0.15, -0.1) is 0 Å². The van der Waals surface area contributed by atoms with Crippen molar-refractivity contribution in [3.8, 4) is 11.5 Å². The Morgan fingerprint density at radius 1 is 1.22 bits per heavy atom. The summed E-state index contributed by atoms with van der Waals surface area (Å²) in [4.78, 5) is 21.9. The first-order valence-corrected chi connectivity index (χ1v) is 6.73. The maximum absolute atomic E-state index is 12.1. The number of furan rings is 1. The zero-order valence-electron chi connectivity index (χ0n) is 12.9. The second kappa shape index (κ2) is 6.82. The minimum atomic E-state index is -0.700. The lowest BCUT2D eigenvalue weighted by molar-refractivity contribution is -0.402. The molecule has 0 bridgehead atoms. The minimum absolute atomic E-state index is 0.121. The second-order valence-electron chi connectivity index (χ2n) is 4.70. The third-order valence-electron chi connectivity index (χ3n) is 3.25. The van der Waals surface area contributed by atoms with Crippen molar-refractivity contribution in [2.24, 2.45) is 0 Å². The molecule has 2 rings (SSSR count). The summed E-state index contributed by atoms with van der Waals surface area (Å²) in [6.45, 7) is 1.77. The second-order valence-corrected chi connectivity index (χ2v) is 4.70. The smallest absolute Gasteiger partial charge is 0.433 e. The van der Waals surface area contributed by atoms with Crippen molar-refractivity contribution in [3.05, 3.63) is 51.8 Å². The van der Waals surface area contributed by atoms with E-state index in [0.717, 1.165) is 11.6 Å². The van der Waals surface area contributed by atoms with E-state index in [0.29, 0.717) is 11.5 Å². The summed E-state index contributed by atoms with van der Waals surface area (Å²) in [7, 11) is 3.05. The SMILES string of the molecule is COc1ccc(C(C)NC(=O)c2ccc([N+](=O)[O-])o2)cc1OC. The summed E-state index contributed by atoms with van der Waals surface area (Å²) >= 11 is 0. The topological polar surface area (TPSA) is 104 Å². The molecule has 1 heterocycles. The quantitative estimate of drug-likeness (QED) is 0.648. The van der Waals surface area contributed by atoms with Gasteiger partial charge in [0, 0.05) is 0 Å². The maximum Gasteiger partial charge on any atom is 0.433 e. The molecule has 1 aromatic carbocycles. The van der Waals surface area contributed by atoms with Crippen molar-refractivity contribution in [2.75, 3.05) is 14.2 Å². The number of carbonyl (C=O) groups excluding carboxylic acids is 1. The van der Waals surface area contributed by atoms with E-state index in [1.165, 1.54) is 20.3 Å². The molecule has 2 aromatic rings. The van der Waals surface area contributed by atoms with Gasteiger partial charge in [0.05, 0.1) is 26.3 Å². The number of methoxy groups -OCH3 is 2. The molecule has 0 aliphatic carbocycles. The van der Waals surface area contributed by atoms with Crippen molar-refractivity contribution in [1.82, 2.24) is 5.32 Å². The van der Waals surface area contributed by atoms with E-state index < -0.39 is 16.7 Å². The summed E-state index contributed by atoms with van der Waals surface area (Å²) < 4.78 is 15.2. The van der Waals surface area contributed by atoms with Gasteiger partial charge in [-0.05, 0) is 30.7 Å². The van der Waals surface area contributed by atoms with Gasteiger partial charge in [-0.2, -0.15) is 0 Å². The van der Waals surface area contributed by atoms with Gasteiger partial charge in [-0.1, -0.05) is 6.07 Å². The van der Waals surface area contributed by atoms with Gasteiger partial charge in [0.25, 0.3) is 5.91 Å². The van der Waals surface area contributed by atoms with Crippen LogP contribution in [-0.2, 0) is 0 Å². The molecule has 23 heavy (non-hydrogen) atoms. The minimum Gasteiger partial charge on any atom is -0.493 e. The Morgan fingerprint density at radius 2 is 1.91 bits per heavy atom. The molecule has 0 spiro atoms. The Hall–Kier alpha value is -3.03. The number of carbonyl (C=O) groups is 1. The molecule has 1 atom stereocenters. The third-order valence-corrected chi connectivity index (χ3v) is 3.25. The van der Waals surface area contributed by atoms with E-state index in [1.54, 1.807) is 25.1 Å². The molecule has 0 aliphatic heterocycles. The predicted octanol–water partition coefficient (Wildman–Crippen LogP) is 2.70. The van der Waals surface area contributed by atoms with Gasteiger partial charge < -0.3 is 19.2 Å². The van der Waals surface area contributed by atoms with Crippen LogP contribution < -0.4 is 14.8 Å². The number of nitro groups is 1. The number of nitrogens with zero attached hydrogens (tertiary/aromatic N) is 1. The highest BCUT2D eigenvalue weighted by molar-refractivity contribution is 5.92. The van der Waals surface area contributed by atoms with Crippen molar-refractivity contribution in [3.63, 3.8) is 0 Å². The molecule has 1 aromatic heterocycles. The highest BCUT2D eigenvalue weighted by Crippen LogP contribution is 2.30. The van der Waals surface area contributed by atoms with Crippen LogP contribution in [0.5, 0.6) is 11.5 Å². The van der Waals surface area contributed by atoms with E-state index in [9.17, 15) is 14.9 Å². The van der Waals surface area contributed by atoms with Crippen LogP contribution in [0.25, 0.3) is 0 Å². The lowest BCUT2D eigenvalue weighted by Crippen LogP contribution is -2.26. The molecule has 0 fully saturated rings. The summed E-state index contributed by atoms with van der Waals surface area (Å²) in [6, 6.07) is 7.30.